The number of hydrogen-bond donors (Lipinski definition) is 1. The van der Waals surface area contributed by atoms with Crippen molar-refractivity contribution in [2.45, 2.75) is 24.2 Å². The van der Waals surface area contributed by atoms with Gasteiger partial charge in [0.05, 0.1) is 44.8 Å². The van der Waals surface area contributed by atoms with Gasteiger partial charge in [0.15, 0.2) is 0 Å². The number of quaternary nitrogens is 1. The number of rotatable bonds is 5. The number of hydrogen-bond acceptors (Lipinski definition) is 4. The molecule has 0 spiro atoms. The van der Waals surface area contributed by atoms with E-state index in [-0.39, 0.29) is 5.91 Å². The number of sulfonamides is 1. The minimum absolute atomic E-state index is 0.190. The summed E-state index contributed by atoms with van der Waals surface area (Å²) in [5.74, 6) is 0.190. The van der Waals surface area contributed by atoms with Crippen LogP contribution in [0.4, 0.5) is 0 Å². The summed E-state index contributed by atoms with van der Waals surface area (Å²) in [6.07, 6.45) is 2.15. The first-order chi connectivity index (χ1) is 13.0. The molecule has 3 rings (SSSR count). The lowest BCUT2D eigenvalue weighted by atomic mass is 10.1. The molecular weight excluding hydrogens is 366 g/mol. The number of aryl methyl sites for hydroxylation is 1. The lowest BCUT2D eigenvalue weighted by Gasteiger charge is -2.26. The molecule has 0 aliphatic carbocycles. The van der Waals surface area contributed by atoms with E-state index in [0.29, 0.717) is 44.0 Å². The lowest BCUT2D eigenvalue weighted by molar-refractivity contribution is -0.877. The van der Waals surface area contributed by atoms with Crippen LogP contribution in [0, 0.1) is 0 Å². The molecule has 2 aliphatic rings. The summed E-state index contributed by atoms with van der Waals surface area (Å²) >= 11 is 0. The summed E-state index contributed by atoms with van der Waals surface area (Å²) in [7, 11) is -1.29. The van der Waals surface area contributed by atoms with Crippen molar-refractivity contribution in [3.05, 3.63) is 29.8 Å². The van der Waals surface area contributed by atoms with Gasteiger partial charge in [0, 0.05) is 32.5 Å². The maximum Gasteiger partial charge on any atom is 0.243 e. The highest BCUT2D eigenvalue weighted by atomic mass is 32.2. The third kappa shape index (κ3) is 5.28. The summed E-state index contributed by atoms with van der Waals surface area (Å²) < 4.78 is 32.0. The van der Waals surface area contributed by atoms with Crippen LogP contribution in [0.2, 0.25) is 0 Å². The fourth-order valence-corrected chi connectivity index (χ4v) is 4.97. The SMILES string of the molecule is C[NH+]1CCCN(C(=O)CCc2ccc(S(=O)(=O)N3CCOCC3)cc2)CC1. The van der Waals surface area contributed by atoms with Gasteiger partial charge < -0.3 is 14.5 Å². The highest BCUT2D eigenvalue weighted by Gasteiger charge is 2.26. The van der Waals surface area contributed by atoms with Crippen molar-refractivity contribution in [2.75, 3.05) is 59.5 Å². The fourth-order valence-electron chi connectivity index (χ4n) is 3.56. The molecule has 150 valence electrons. The molecule has 0 saturated carbocycles. The Hall–Kier alpha value is -1.48. The Bertz CT molecular complexity index is 730. The summed E-state index contributed by atoms with van der Waals surface area (Å²) in [6, 6.07) is 6.94. The van der Waals surface area contributed by atoms with Crippen LogP contribution in [-0.2, 0) is 26.0 Å². The molecule has 1 amide bonds. The second-order valence-corrected chi connectivity index (χ2v) is 9.29. The van der Waals surface area contributed by atoms with Crippen molar-refractivity contribution in [3.8, 4) is 0 Å². The van der Waals surface area contributed by atoms with E-state index in [1.54, 1.807) is 12.1 Å². The second kappa shape index (κ2) is 9.14. The van der Waals surface area contributed by atoms with Crippen molar-refractivity contribution in [3.63, 3.8) is 0 Å². The van der Waals surface area contributed by atoms with Gasteiger partial charge in [0.1, 0.15) is 0 Å². The Morgan fingerprint density at radius 1 is 1.07 bits per heavy atom. The molecule has 2 saturated heterocycles. The average Bonchev–Trinajstić information content (AvgIpc) is 2.91. The lowest BCUT2D eigenvalue weighted by Crippen LogP contribution is -3.09. The van der Waals surface area contributed by atoms with Crippen molar-refractivity contribution in [2.24, 2.45) is 0 Å². The summed E-state index contributed by atoms with van der Waals surface area (Å²) in [4.78, 5) is 16.2. The summed E-state index contributed by atoms with van der Waals surface area (Å²) in [5, 5.41) is 0. The van der Waals surface area contributed by atoms with Gasteiger partial charge in [-0.1, -0.05) is 12.1 Å². The first-order valence-corrected chi connectivity index (χ1v) is 11.2. The molecule has 0 radical (unpaired) electrons. The van der Waals surface area contributed by atoms with E-state index < -0.39 is 10.0 Å². The molecule has 1 atom stereocenters. The number of amides is 1. The second-order valence-electron chi connectivity index (χ2n) is 7.35. The zero-order valence-electron chi connectivity index (χ0n) is 16.0. The van der Waals surface area contributed by atoms with Crippen LogP contribution in [-0.4, -0.2) is 83.1 Å². The highest BCUT2D eigenvalue weighted by molar-refractivity contribution is 7.89. The van der Waals surface area contributed by atoms with E-state index in [2.05, 4.69) is 7.05 Å². The van der Waals surface area contributed by atoms with Crippen LogP contribution >= 0.6 is 0 Å². The predicted octanol–water partition coefficient (Wildman–Crippen LogP) is -0.613. The molecular formula is C19H30N3O4S+. The average molecular weight is 397 g/mol. The molecule has 2 heterocycles. The minimum Gasteiger partial charge on any atom is -0.379 e. The van der Waals surface area contributed by atoms with E-state index >= 15 is 0 Å². The molecule has 0 aromatic heterocycles. The molecule has 2 fully saturated rings. The van der Waals surface area contributed by atoms with E-state index in [1.807, 2.05) is 17.0 Å². The normalized spacial score (nSPS) is 22.4. The summed E-state index contributed by atoms with van der Waals surface area (Å²) in [6.45, 7) is 5.44. The Labute approximate surface area is 161 Å². The van der Waals surface area contributed by atoms with Crippen molar-refractivity contribution < 1.29 is 22.8 Å². The molecule has 8 heteroatoms. The molecule has 1 unspecified atom stereocenters. The Balaban J connectivity index is 1.55. The van der Waals surface area contributed by atoms with Crippen LogP contribution in [0.1, 0.15) is 18.4 Å². The number of carbonyl (C=O) groups excluding carboxylic acids is 1. The van der Waals surface area contributed by atoms with Gasteiger partial charge in [0.2, 0.25) is 15.9 Å². The van der Waals surface area contributed by atoms with Gasteiger partial charge >= 0.3 is 0 Å². The van der Waals surface area contributed by atoms with Crippen molar-refractivity contribution >= 4 is 15.9 Å². The van der Waals surface area contributed by atoms with Crippen molar-refractivity contribution in [1.82, 2.24) is 9.21 Å². The number of morpholine rings is 1. The zero-order valence-corrected chi connectivity index (χ0v) is 16.8. The Morgan fingerprint density at radius 2 is 1.78 bits per heavy atom. The van der Waals surface area contributed by atoms with Crippen LogP contribution in [0.5, 0.6) is 0 Å². The van der Waals surface area contributed by atoms with Crippen LogP contribution in [0.15, 0.2) is 29.2 Å². The van der Waals surface area contributed by atoms with Gasteiger partial charge in [-0.2, -0.15) is 4.31 Å². The smallest absolute Gasteiger partial charge is 0.243 e. The molecule has 2 aliphatic heterocycles. The number of benzene rings is 1. The molecule has 7 nitrogen and oxygen atoms in total. The van der Waals surface area contributed by atoms with Gasteiger partial charge in [-0.25, -0.2) is 8.42 Å². The summed E-state index contributed by atoms with van der Waals surface area (Å²) in [5.41, 5.74) is 0.988. The standard InChI is InChI=1S/C19H29N3O4S/c1-20-9-2-10-21(12-11-20)19(23)8-5-17-3-6-18(7-4-17)27(24,25)22-13-15-26-16-14-22/h3-4,6-7H,2,5,8-16H2,1H3/p+1. The largest absolute Gasteiger partial charge is 0.379 e. The topological polar surface area (TPSA) is 71.4 Å². The number of nitrogens with zero attached hydrogens (tertiary/aromatic N) is 2. The van der Waals surface area contributed by atoms with E-state index in [0.717, 1.165) is 38.2 Å². The minimum atomic E-state index is -3.46. The van der Waals surface area contributed by atoms with Gasteiger partial charge in [-0.15, -0.1) is 0 Å². The Morgan fingerprint density at radius 3 is 2.48 bits per heavy atom. The van der Waals surface area contributed by atoms with Gasteiger partial charge in [-0.3, -0.25) is 4.79 Å². The van der Waals surface area contributed by atoms with E-state index in [4.69, 9.17) is 4.74 Å². The maximum atomic E-state index is 12.6. The molecule has 1 N–H and O–H groups in total. The third-order valence-corrected chi connectivity index (χ3v) is 7.26. The van der Waals surface area contributed by atoms with Crippen molar-refractivity contribution in [1.29, 1.82) is 0 Å². The highest BCUT2D eigenvalue weighted by Crippen LogP contribution is 2.18. The van der Waals surface area contributed by atoms with Crippen LogP contribution in [0.3, 0.4) is 0 Å². The maximum absolute atomic E-state index is 12.6. The number of nitrogens with one attached hydrogen (secondary N) is 1. The predicted molar refractivity (Wildman–Crippen MR) is 102 cm³/mol. The molecule has 1 aromatic rings. The van der Waals surface area contributed by atoms with Crippen LogP contribution < -0.4 is 4.90 Å². The van der Waals surface area contributed by atoms with Gasteiger partial charge in [-0.05, 0) is 24.1 Å². The zero-order chi connectivity index (χ0) is 19.3. The fraction of sp³-hybridized carbons (Fsp3) is 0.632. The van der Waals surface area contributed by atoms with Gasteiger partial charge in [0.25, 0.3) is 0 Å². The number of ether oxygens (including phenoxy) is 1. The quantitative estimate of drug-likeness (QED) is 0.721. The Kier molecular flexibility index (Phi) is 6.86. The molecule has 27 heavy (non-hydrogen) atoms. The third-order valence-electron chi connectivity index (χ3n) is 5.35. The monoisotopic (exact) mass is 396 g/mol. The molecule has 1 aromatic carbocycles. The first-order valence-electron chi connectivity index (χ1n) is 9.73. The molecule has 0 bridgehead atoms. The number of likely N-dealkylation sites (N-methyl/N-ethyl adjacent to an activating group) is 1. The van der Waals surface area contributed by atoms with E-state index in [1.165, 1.54) is 9.21 Å². The van der Waals surface area contributed by atoms with E-state index in [9.17, 15) is 13.2 Å². The van der Waals surface area contributed by atoms with Crippen LogP contribution in [0.25, 0.3) is 0 Å². The number of carbonyl (C=O) groups is 1. The first kappa shape index (κ1) is 20.3.